The summed E-state index contributed by atoms with van der Waals surface area (Å²) >= 11 is -3.18. The van der Waals surface area contributed by atoms with Gasteiger partial charge in [-0.3, -0.25) is 8.51 Å². The molecule has 1 unspecified atom stereocenters. The zero-order valence-electron chi connectivity index (χ0n) is 13.2. The molecule has 2 N–H and O–H groups in total. The Morgan fingerprint density at radius 1 is 1.15 bits per heavy atom. The maximum absolute atomic E-state index is 13.5. The van der Waals surface area contributed by atoms with Crippen LogP contribution in [0.25, 0.3) is 6.08 Å². The summed E-state index contributed by atoms with van der Waals surface area (Å²) in [6.07, 6.45) is -3.24. The number of hydrogen-bond donors (Lipinski definition) is 1. The molecule has 0 saturated carbocycles. The fourth-order valence-corrected chi connectivity index (χ4v) is 3.40. The molecule has 0 saturated heterocycles. The Bertz CT molecular complexity index is 1010. The first-order valence-electron chi connectivity index (χ1n) is 6.96. The van der Waals surface area contributed by atoms with E-state index >= 15 is 0 Å². The highest BCUT2D eigenvalue weighted by molar-refractivity contribution is 7.89. The maximum atomic E-state index is 13.5. The van der Waals surface area contributed by atoms with Crippen molar-refractivity contribution in [1.29, 1.82) is 0 Å². The highest BCUT2D eigenvalue weighted by Crippen LogP contribution is 2.33. The summed E-state index contributed by atoms with van der Waals surface area (Å²) in [7, 11) is -4.44. The van der Waals surface area contributed by atoms with Crippen LogP contribution in [0.1, 0.15) is 11.1 Å². The predicted octanol–water partition coefficient (Wildman–Crippen LogP) is 2.76. The van der Waals surface area contributed by atoms with Crippen LogP contribution in [-0.2, 0) is 27.5 Å². The van der Waals surface area contributed by atoms with Gasteiger partial charge in [-0.2, -0.15) is 13.2 Å². The van der Waals surface area contributed by atoms with E-state index in [1.807, 2.05) is 0 Å². The molecule has 27 heavy (non-hydrogen) atoms. The van der Waals surface area contributed by atoms with Gasteiger partial charge in [0.2, 0.25) is 10.0 Å². The molecule has 0 heterocycles. The van der Waals surface area contributed by atoms with Crippen LogP contribution in [0.3, 0.4) is 0 Å². The van der Waals surface area contributed by atoms with Crippen LogP contribution in [0.5, 0.6) is 0 Å². The number of benzene rings is 2. The highest BCUT2D eigenvalue weighted by atomic mass is 32.2. The van der Waals surface area contributed by atoms with Crippen LogP contribution in [0.2, 0.25) is 0 Å². The Kier molecular flexibility index (Phi) is 6.04. The quantitative estimate of drug-likeness (QED) is 0.590. The summed E-state index contributed by atoms with van der Waals surface area (Å²) < 4.78 is 99.0. The number of nitrogens with zero attached hydrogens (tertiary/aromatic N) is 1. The van der Waals surface area contributed by atoms with Gasteiger partial charge in [-0.25, -0.2) is 17.9 Å². The van der Waals surface area contributed by atoms with Crippen LogP contribution >= 0.6 is 0 Å². The zero-order valence-corrected chi connectivity index (χ0v) is 14.8. The van der Waals surface area contributed by atoms with Crippen molar-refractivity contribution in [2.24, 2.45) is 5.14 Å². The largest absolute Gasteiger partial charge is 0.755 e. The van der Waals surface area contributed by atoms with Gasteiger partial charge in [0.1, 0.15) is 10.7 Å². The van der Waals surface area contributed by atoms with E-state index in [0.717, 1.165) is 36.4 Å². The SMILES string of the molecule is NS(=O)(=O)c1ccc(F)cc1N(C=Cc1ccccc1C(F)(F)F)S(=O)[O-]. The molecule has 6 nitrogen and oxygen atoms in total. The molecule has 0 fully saturated rings. The van der Waals surface area contributed by atoms with Crippen molar-refractivity contribution in [3.05, 3.63) is 65.6 Å². The predicted molar refractivity (Wildman–Crippen MR) is 89.7 cm³/mol. The van der Waals surface area contributed by atoms with Crippen LogP contribution in [-0.4, -0.2) is 17.2 Å². The van der Waals surface area contributed by atoms with Gasteiger partial charge >= 0.3 is 6.18 Å². The van der Waals surface area contributed by atoms with Gasteiger partial charge in [-0.05, 0) is 35.9 Å². The molecule has 0 radical (unpaired) electrons. The minimum absolute atomic E-state index is 0.260. The molecule has 0 aliphatic heterocycles. The van der Waals surface area contributed by atoms with Crippen LogP contribution in [0, 0.1) is 5.82 Å². The second-order valence-electron chi connectivity index (χ2n) is 5.10. The number of halogens is 4. The molecule has 2 aromatic carbocycles. The lowest BCUT2D eigenvalue weighted by molar-refractivity contribution is -0.137. The van der Waals surface area contributed by atoms with E-state index in [1.54, 1.807) is 0 Å². The minimum atomic E-state index is -4.70. The van der Waals surface area contributed by atoms with E-state index < -0.39 is 49.4 Å². The molecule has 1 atom stereocenters. The summed E-state index contributed by atoms with van der Waals surface area (Å²) in [4.78, 5) is -0.721. The summed E-state index contributed by atoms with van der Waals surface area (Å²) in [6.45, 7) is 0. The normalized spacial score (nSPS) is 13.7. The monoisotopic (exact) mass is 423 g/mol. The molecule has 0 amide bonds. The average Bonchev–Trinajstić information content (AvgIpc) is 2.53. The Morgan fingerprint density at radius 2 is 1.78 bits per heavy atom. The molecular formula is C15H11F4N2O4S2-. The van der Waals surface area contributed by atoms with Crippen molar-refractivity contribution in [3.8, 4) is 0 Å². The van der Waals surface area contributed by atoms with Crippen molar-refractivity contribution >= 4 is 33.1 Å². The van der Waals surface area contributed by atoms with Crippen LogP contribution in [0.4, 0.5) is 23.2 Å². The topological polar surface area (TPSA) is 104 Å². The molecule has 2 aromatic rings. The first-order valence-corrected chi connectivity index (χ1v) is 9.54. The summed E-state index contributed by atoms with van der Waals surface area (Å²) in [5.74, 6) is -0.975. The maximum Gasteiger partial charge on any atom is 0.416 e. The average molecular weight is 423 g/mol. The number of alkyl halides is 3. The van der Waals surface area contributed by atoms with Crippen molar-refractivity contribution in [3.63, 3.8) is 0 Å². The van der Waals surface area contributed by atoms with Gasteiger partial charge in [0, 0.05) is 6.20 Å². The number of sulfonamides is 1. The van der Waals surface area contributed by atoms with E-state index in [0.29, 0.717) is 12.3 Å². The molecule has 146 valence electrons. The minimum Gasteiger partial charge on any atom is -0.755 e. The number of hydrogen-bond acceptors (Lipinski definition) is 4. The molecule has 2 rings (SSSR count). The summed E-state index contributed by atoms with van der Waals surface area (Å²) in [5.41, 5.74) is -2.09. The van der Waals surface area contributed by atoms with Crippen LogP contribution < -0.4 is 9.44 Å². The smallest absolute Gasteiger partial charge is 0.416 e. The summed E-state index contributed by atoms with van der Waals surface area (Å²) in [6, 6.07) is 6.39. The number of nitrogens with two attached hydrogens (primary N) is 1. The van der Waals surface area contributed by atoms with Crippen molar-refractivity contribution in [1.82, 2.24) is 0 Å². The zero-order chi connectivity index (χ0) is 20.4. The lowest BCUT2D eigenvalue weighted by Crippen LogP contribution is -2.23. The molecule has 0 aromatic heterocycles. The third kappa shape index (κ3) is 5.13. The standard InChI is InChI=1S/C15H12F4N2O4S2/c16-11-5-6-14(27(20,24)25)13(9-11)21(26(22)23)8-7-10-3-1-2-4-12(10)15(17,18)19/h1-9H,(H,22,23)(H2,20,24,25)/p-1. The molecule has 0 spiro atoms. The number of anilines is 1. The molecule has 0 aliphatic carbocycles. The second kappa shape index (κ2) is 7.76. The van der Waals surface area contributed by atoms with E-state index in [2.05, 4.69) is 0 Å². The summed E-state index contributed by atoms with van der Waals surface area (Å²) in [5, 5.41) is 4.98. The first-order chi connectivity index (χ1) is 12.4. The van der Waals surface area contributed by atoms with Crippen molar-refractivity contribution in [2.45, 2.75) is 11.1 Å². The van der Waals surface area contributed by atoms with E-state index in [9.17, 15) is 34.7 Å². The second-order valence-corrected chi connectivity index (χ2v) is 7.46. The molecule has 0 aliphatic rings. The molecule has 0 bridgehead atoms. The van der Waals surface area contributed by atoms with Gasteiger partial charge in [-0.1, -0.05) is 18.2 Å². The van der Waals surface area contributed by atoms with Gasteiger partial charge in [0.05, 0.1) is 22.5 Å². The van der Waals surface area contributed by atoms with Gasteiger partial charge in [0.25, 0.3) is 0 Å². The van der Waals surface area contributed by atoms with Gasteiger partial charge in [0.15, 0.2) is 0 Å². The van der Waals surface area contributed by atoms with Gasteiger partial charge in [-0.15, -0.1) is 0 Å². The Hall–Kier alpha value is -2.28. The Balaban J connectivity index is 2.59. The number of rotatable bonds is 5. The fraction of sp³-hybridized carbons (Fsp3) is 0.0667. The first kappa shape index (κ1) is 21.0. The highest BCUT2D eigenvalue weighted by Gasteiger charge is 2.32. The van der Waals surface area contributed by atoms with Crippen LogP contribution in [0.15, 0.2) is 53.6 Å². The van der Waals surface area contributed by atoms with E-state index in [-0.39, 0.29) is 9.87 Å². The Labute approximate surface area is 154 Å². The third-order valence-corrected chi connectivity index (χ3v) is 4.88. The molecular weight excluding hydrogens is 412 g/mol. The fourth-order valence-electron chi connectivity index (χ4n) is 2.16. The van der Waals surface area contributed by atoms with E-state index in [4.69, 9.17) is 5.14 Å². The Morgan fingerprint density at radius 3 is 2.33 bits per heavy atom. The third-order valence-electron chi connectivity index (χ3n) is 3.28. The number of primary sulfonamides is 1. The van der Waals surface area contributed by atoms with Crippen molar-refractivity contribution < 1.29 is 34.7 Å². The molecule has 12 heteroatoms. The van der Waals surface area contributed by atoms with Gasteiger partial charge < -0.3 is 4.55 Å². The van der Waals surface area contributed by atoms with Crippen molar-refractivity contribution in [2.75, 3.05) is 4.31 Å². The lowest BCUT2D eigenvalue weighted by atomic mass is 10.1. The van der Waals surface area contributed by atoms with E-state index in [1.165, 1.54) is 6.07 Å². The lowest BCUT2D eigenvalue weighted by Gasteiger charge is -2.24.